The molecule has 0 aromatic heterocycles. The number of aliphatic hydroxyl groups excluding tert-OH is 1. The zero-order chi connectivity index (χ0) is 17.1. The summed E-state index contributed by atoms with van der Waals surface area (Å²) in [5.41, 5.74) is 10.2. The van der Waals surface area contributed by atoms with E-state index in [0.717, 1.165) is 16.8 Å². The molecule has 23 heavy (non-hydrogen) atoms. The minimum Gasteiger partial charge on any atom is -0.506 e. The van der Waals surface area contributed by atoms with Gasteiger partial charge in [-0.25, -0.2) is 0 Å². The molecule has 0 saturated heterocycles. The van der Waals surface area contributed by atoms with Crippen molar-refractivity contribution in [3.05, 3.63) is 35.4 Å². The summed E-state index contributed by atoms with van der Waals surface area (Å²) in [6, 6.07) is 6.56. The highest BCUT2D eigenvalue weighted by atomic mass is 16.3. The van der Waals surface area contributed by atoms with Crippen LogP contribution in [0.3, 0.4) is 0 Å². The maximum atomic E-state index is 10.2. The van der Waals surface area contributed by atoms with Crippen molar-refractivity contribution >= 4 is 22.7 Å². The van der Waals surface area contributed by atoms with E-state index in [0.29, 0.717) is 23.6 Å². The highest BCUT2D eigenvalue weighted by Gasteiger charge is 2.13. The Morgan fingerprint density at radius 2 is 1.74 bits per heavy atom. The number of phenols is 2. The van der Waals surface area contributed by atoms with Crippen molar-refractivity contribution in [2.24, 2.45) is 0 Å². The van der Waals surface area contributed by atoms with E-state index in [9.17, 15) is 10.2 Å². The van der Waals surface area contributed by atoms with Crippen molar-refractivity contribution in [3.63, 3.8) is 0 Å². The number of phenolic OH excluding ortho intramolecular Hbond substituents is 2. The number of hydrogen-bond donors (Lipinski definition) is 5. The van der Waals surface area contributed by atoms with E-state index in [2.05, 4.69) is 5.32 Å². The van der Waals surface area contributed by atoms with Crippen molar-refractivity contribution in [1.82, 2.24) is 0 Å². The molecule has 2 aromatic carbocycles. The first-order valence-corrected chi connectivity index (χ1v) is 7.35. The molecule has 2 rings (SSSR count). The Balaban J connectivity index is 2.35. The third-order valence-electron chi connectivity index (χ3n) is 4.04. The first-order chi connectivity index (χ1) is 10.8. The van der Waals surface area contributed by atoms with Gasteiger partial charge in [0.2, 0.25) is 0 Å². The van der Waals surface area contributed by atoms with Crippen LogP contribution in [0.25, 0.3) is 0 Å². The molecule has 0 atom stereocenters. The van der Waals surface area contributed by atoms with Gasteiger partial charge in [0.05, 0.1) is 18.0 Å². The molecule has 124 valence electrons. The summed E-state index contributed by atoms with van der Waals surface area (Å²) in [7, 11) is 1.73. The molecular formula is C17H23N3O3. The minimum atomic E-state index is -0.0411. The van der Waals surface area contributed by atoms with Gasteiger partial charge in [0.1, 0.15) is 11.5 Å². The summed E-state index contributed by atoms with van der Waals surface area (Å²) >= 11 is 0. The maximum Gasteiger partial charge on any atom is 0.141 e. The Morgan fingerprint density at radius 3 is 2.39 bits per heavy atom. The zero-order valence-corrected chi connectivity index (χ0v) is 13.6. The highest BCUT2D eigenvalue weighted by molar-refractivity contribution is 5.76. The molecule has 0 unspecified atom stereocenters. The molecule has 0 spiro atoms. The lowest BCUT2D eigenvalue weighted by molar-refractivity contribution is 0.303. The molecule has 6 nitrogen and oxygen atoms in total. The van der Waals surface area contributed by atoms with Gasteiger partial charge in [0.15, 0.2) is 0 Å². The van der Waals surface area contributed by atoms with Gasteiger partial charge in [-0.2, -0.15) is 0 Å². The standard InChI is InChI=1S/C17H23N3O3/c1-10-11(2)13(5-4-12(10)18)19-14-8-17(23)15(9-16(14)22)20(3)6-7-21/h4-5,8-9,19,21-23H,6-7,18H2,1-3H3. The normalized spacial score (nSPS) is 10.6. The lowest BCUT2D eigenvalue weighted by Crippen LogP contribution is -2.21. The first kappa shape index (κ1) is 16.8. The number of aromatic hydroxyl groups is 2. The molecule has 0 fully saturated rings. The molecular weight excluding hydrogens is 294 g/mol. The zero-order valence-electron chi connectivity index (χ0n) is 13.6. The molecule has 0 radical (unpaired) electrons. The van der Waals surface area contributed by atoms with Crippen LogP contribution in [-0.4, -0.2) is 35.5 Å². The Bertz CT molecular complexity index is 717. The SMILES string of the molecule is Cc1c(N)ccc(Nc2cc(O)c(N(C)CCO)cc2O)c1C. The largest absolute Gasteiger partial charge is 0.506 e. The Hall–Kier alpha value is -2.60. The first-order valence-electron chi connectivity index (χ1n) is 7.35. The van der Waals surface area contributed by atoms with Gasteiger partial charge in [-0.15, -0.1) is 0 Å². The summed E-state index contributed by atoms with van der Waals surface area (Å²) in [5, 5.41) is 32.5. The van der Waals surface area contributed by atoms with Crippen LogP contribution in [0.2, 0.25) is 0 Å². The lowest BCUT2D eigenvalue weighted by atomic mass is 10.1. The number of nitrogens with two attached hydrogens (primary N) is 1. The lowest BCUT2D eigenvalue weighted by Gasteiger charge is -2.21. The number of anilines is 4. The predicted molar refractivity (Wildman–Crippen MR) is 93.7 cm³/mol. The Labute approximate surface area is 135 Å². The van der Waals surface area contributed by atoms with E-state index in [1.807, 2.05) is 19.9 Å². The molecule has 6 heteroatoms. The van der Waals surface area contributed by atoms with Gasteiger partial charge >= 0.3 is 0 Å². The molecule has 0 amide bonds. The molecule has 0 aliphatic carbocycles. The van der Waals surface area contributed by atoms with E-state index in [4.69, 9.17) is 10.8 Å². The quantitative estimate of drug-likeness (QED) is 0.330. The van der Waals surface area contributed by atoms with Crippen LogP contribution in [-0.2, 0) is 0 Å². The number of aliphatic hydroxyl groups is 1. The molecule has 2 aromatic rings. The van der Waals surface area contributed by atoms with Gasteiger partial charge in [-0.3, -0.25) is 0 Å². The summed E-state index contributed by atoms with van der Waals surface area (Å²) in [4.78, 5) is 1.66. The molecule has 0 saturated carbocycles. The molecule has 0 aliphatic heterocycles. The fraction of sp³-hybridized carbons (Fsp3) is 0.294. The molecule has 6 N–H and O–H groups in total. The van der Waals surface area contributed by atoms with Crippen LogP contribution in [0.5, 0.6) is 11.5 Å². The average Bonchev–Trinajstić information content (AvgIpc) is 2.51. The van der Waals surface area contributed by atoms with Crippen LogP contribution in [0.4, 0.5) is 22.7 Å². The third-order valence-corrected chi connectivity index (χ3v) is 4.04. The van der Waals surface area contributed by atoms with Crippen molar-refractivity contribution in [2.75, 3.05) is 36.1 Å². The number of nitrogens with one attached hydrogen (secondary N) is 1. The maximum absolute atomic E-state index is 10.2. The minimum absolute atomic E-state index is 0.0106. The topological polar surface area (TPSA) is 102 Å². The fourth-order valence-electron chi connectivity index (χ4n) is 2.36. The van der Waals surface area contributed by atoms with Crippen molar-refractivity contribution in [3.8, 4) is 11.5 Å². The number of likely N-dealkylation sites (N-methyl/N-ethyl adjacent to an activating group) is 1. The smallest absolute Gasteiger partial charge is 0.141 e. The van der Waals surface area contributed by atoms with E-state index >= 15 is 0 Å². The summed E-state index contributed by atoms with van der Waals surface area (Å²) < 4.78 is 0. The van der Waals surface area contributed by atoms with Gasteiger partial charge < -0.3 is 31.3 Å². The van der Waals surface area contributed by atoms with Crippen LogP contribution in [0, 0.1) is 13.8 Å². The number of nitrogens with zero attached hydrogens (tertiary/aromatic N) is 1. The van der Waals surface area contributed by atoms with Crippen molar-refractivity contribution < 1.29 is 15.3 Å². The number of nitrogen functional groups attached to an aromatic ring is 1. The second-order valence-corrected chi connectivity index (χ2v) is 5.58. The second kappa shape index (κ2) is 6.66. The van der Waals surface area contributed by atoms with E-state index in [1.165, 1.54) is 12.1 Å². The van der Waals surface area contributed by atoms with Gasteiger partial charge in [0, 0.05) is 37.1 Å². The van der Waals surface area contributed by atoms with Crippen LogP contribution >= 0.6 is 0 Å². The van der Waals surface area contributed by atoms with Gasteiger partial charge in [-0.05, 0) is 37.1 Å². The van der Waals surface area contributed by atoms with E-state index in [1.54, 1.807) is 18.0 Å². The molecule has 0 bridgehead atoms. The summed E-state index contributed by atoms with van der Waals surface area (Å²) in [5.74, 6) is 0.0301. The molecule has 0 heterocycles. The van der Waals surface area contributed by atoms with Crippen LogP contribution in [0.1, 0.15) is 11.1 Å². The molecule has 0 aliphatic rings. The average molecular weight is 317 g/mol. The Kier molecular flexibility index (Phi) is 4.86. The van der Waals surface area contributed by atoms with Crippen LogP contribution < -0.4 is 16.0 Å². The number of benzene rings is 2. The van der Waals surface area contributed by atoms with E-state index in [-0.39, 0.29) is 18.1 Å². The van der Waals surface area contributed by atoms with Gasteiger partial charge in [0.25, 0.3) is 0 Å². The predicted octanol–water partition coefficient (Wildman–Crippen LogP) is 2.47. The van der Waals surface area contributed by atoms with Crippen molar-refractivity contribution in [2.45, 2.75) is 13.8 Å². The second-order valence-electron chi connectivity index (χ2n) is 5.58. The highest BCUT2D eigenvalue weighted by Crippen LogP contribution is 2.39. The monoisotopic (exact) mass is 317 g/mol. The summed E-state index contributed by atoms with van der Waals surface area (Å²) in [6.45, 7) is 4.19. The number of rotatable bonds is 5. The van der Waals surface area contributed by atoms with Crippen molar-refractivity contribution in [1.29, 1.82) is 0 Å². The number of hydrogen-bond acceptors (Lipinski definition) is 6. The van der Waals surface area contributed by atoms with E-state index < -0.39 is 0 Å². The third kappa shape index (κ3) is 3.43. The van der Waals surface area contributed by atoms with Crippen LogP contribution in [0.15, 0.2) is 24.3 Å². The van der Waals surface area contributed by atoms with Gasteiger partial charge in [-0.1, -0.05) is 0 Å². The Morgan fingerprint density at radius 1 is 1.04 bits per heavy atom. The fourth-order valence-corrected chi connectivity index (χ4v) is 2.36. The summed E-state index contributed by atoms with van der Waals surface area (Å²) in [6.07, 6.45) is 0.